The molecule has 0 aliphatic rings. The quantitative estimate of drug-likeness (QED) is 0.887. The summed E-state index contributed by atoms with van der Waals surface area (Å²) in [5, 5.41) is 4.45. The van der Waals surface area contributed by atoms with E-state index in [0.717, 1.165) is 22.7 Å². The first kappa shape index (κ1) is 15.9. The van der Waals surface area contributed by atoms with Crippen molar-refractivity contribution in [2.45, 2.75) is 20.0 Å². The lowest BCUT2D eigenvalue weighted by atomic mass is 10.1. The average molecular weight is 325 g/mol. The average Bonchev–Trinajstić information content (AvgIpc) is 2.82. The first-order valence-electron chi connectivity index (χ1n) is 6.58. The fraction of sp³-hybridized carbons (Fsp3) is 0.333. The minimum atomic E-state index is -0.0821. The number of aromatic nitrogens is 1. The fourth-order valence-corrected chi connectivity index (χ4v) is 2.98. The first-order chi connectivity index (χ1) is 10.1. The Balaban J connectivity index is 1.88. The van der Waals surface area contributed by atoms with Crippen molar-refractivity contribution < 1.29 is 9.53 Å². The number of hydrogen-bond acceptors (Lipinski definition) is 4. The van der Waals surface area contributed by atoms with Crippen molar-refractivity contribution in [3.8, 4) is 0 Å². The van der Waals surface area contributed by atoms with Crippen LogP contribution in [0.1, 0.15) is 25.9 Å². The molecule has 1 heterocycles. The molecule has 2 aromatic rings. The summed E-state index contributed by atoms with van der Waals surface area (Å²) in [6.07, 6.45) is 0.770. The minimum absolute atomic E-state index is 0.0821. The maximum Gasteiger partial charge on any atom is 0.263 e. The number of nitrogens with one attached hydrogen (secondary N) is 1. The van der Waals surface area contributed by atoms with Crippen LogP contribution in [0.25, 0.3) is 0 Å². The molecule has 0 spiro atoms. The molecule has 1 amide bonds. The second-order valence-corrected chi connectivity index (χ2v) is 6.11. The zero-order chi connectivity index (χ0) is 15.2. The molecule has 112 valence electrons. The van der Waals surface area contributed by atoms with Crippen LogP contribution in [-0.2, 0) is 17.8 Å². The number of nitrogens with zero attached hydrogens (tertiary/aromatic N) is 1. The van der Waals surface area contributed by atoms with E-state index in [1.54, 1.807) is 7.11 Å². The molecule has 1 N–H and O–H groups in total. The van der Waals surface area contributed by atoms with Crippen LogP contribution in [0, 0.1) is 6.92 Å². The van der Waals surface area contributed by atoms with Crippen LogP contribution >= 0.6 is 22.9 Å². The molecule has 0 saturated carbocycles. The Bertz CT molecular complexity index is 611. The van der Waals surface area contributed by atoms with E-state index in [-0.39, 0.29) is 5.91 Å². The van der Waals surface area contributed by atoms with E-state index in [2.05, 4.69) is 10.3 Å². The molecular formula is C15H17ClN2O2S. The fourth-order valence-electron chi connectivity index (χ4n) is 1.90. The molecule has 0 aliphatic carbocycles. The van der Waals surface area contributed by atoms with Crippen LogP contribution in [0.5, 0.6) is 0 Å². The number of aryl methyl sites for hydroxylation is 1. The zero-order valence-electron chi connectivity index (χ0n) is 12.0. The summed E-state index contributed by atoms with van der Waals surface area (Å²) in [6, 6.07) is 7.62. The van der Waals surface area contributed by atoms with Gasteiger partial charge >= 0.3 is 0 Å². The van der Waals surface area contributed by atoms with Gasteiger partial charge in [0.1, 0.15) is 9.88 Å². The molecular weight excluding hydrogens is 308 g/mol. The lowest BCUT2D eigenvalue weighted by Crippen LogP contribution is -2.25. The zero-order valence-corrected chi connectivity index (χ0v) is 13.6. The van der Waals surface area contributed by atoms with Crippen molar-refractivity contribution in [2.24, 2.45) is 0 Å². The van der Waals surface area contributed by atoms with Gasteiger partial charge in [0.05, 0.1) is 12.3 Å². The van der Waals surface area contributed by atoms with Crippen LogP contribution in [-0.4, -0.2) is 24.5 Å². The second kappa shape index (κ2) is 7.54. The molecule has 0 bridgehead atoms. The Morgan fingerprint density at radius 1 is 1.38 bits per heavy atom. The normalized spacial score (nSPS) is 10.6. The van der Waals surface area contributed by atoms with E-state index in [4.69, 9.17) is 16.3 Å². The SMILES string of the molecule is COCc1nc(C)c(C(=O)NCCc2ccc(Cl)cc2)s1. The van der Waals surface area contributed by atoms with E-state index in [0.29, 0.717) is 23.1 Å². The number of hydrogen-bond donors (Lipinski definition) is 1. The highest BCUT2D eigenvalue weighted by Crippen LogP contribution is 2.18. The molecule has 0 unspecified atom stereocenters. The van der Waals surface area contributed by atoms with E-state index < -0.39 is 0 Å². The predicted molar refractivity (Wildman–Crippen MR) is 85.1 cm³/mol. The number of carbonyl (C=O) groups excluding carboxylic acids is 1. The molecule has 0 atom stereocenters. The third kappa shape index (κ3) is 4.52. The Morgan fingerprint density at radius 2 is 2.10 bits per heavy atom. The van der Waals surface area contributed by atoms with Crippen LogP contribution < -0.4 is 5.32 Å². The van der Waals surface area contributed by atoms with E-state index in [9.17, 15) is 4.79 Å². The number of amides is 1. The predicted octanol–water partition coefficient (Wildman–Crippen LogP) is 3.22. The van der Waals surface area contributed by atoms with Gasteiger partial charge in [0.25, 0.3) is 5.91 Å². The summed E-state index contributed by atoms with van der Waals surface area (Å²) in [5.41, 5.74) is 1.89. The molecule has 0 aliphatic heterocycles. The van der Waals surface area contributed by atoms with Crippen LogP contribution in [0.15, 0.2) is 24.3 Å². The molecule has 2 rings (SSSR count). The highest BCUT2D eigenvalue weighted by molar-refractivity contribution is 7.13. The number of halogens is 1. The molecule has 21 heavy (non-hydrogen) atoms. The second-order valence-electron chi connectivity index (χ2n) is 4.59. The highest BCUT2D eigenvalue weighted by Gasteiger charge is 2.14. The van der Waals surface area contributed by atoms with Gasteiger partial charge in [0.15, 0.2) is 0 Å². The summed E-state index contributed by atoms with van der Waals surface area (Å²) in [7, 11) is 1.61. The largest absolute Gasteiger partial charge is 0.378 e. The Morgan fingerprint density at radius 3 is 2.76 bits per heavy atom. The molecule has 1 aromatic heterocycles. The van der Waals surface area contributed by atoms with Gasteiger partial charge in [0.2, 0.25) is 0 Å². The summed E-state index contributed by atoms with van der Waals surface area (Å²) in [6.45, 7) is 2.85. The molecule has 1 aromatic carbocycles. The van der Waals surface area contributed by atoms with Crippen molar-refractivity contribution >= 4 is 28.8 Å². The lowest BCUT2D eigenvalue weighted by molar-refractivity contribution is 0.0957. The van der Waals surface area contributed by atoms with E-state index >= 15 is 0 Å². The van der Waals surface area contributed by atoms with Gasteiger partial charge in [-0.15, -0.1) is 11.3 Å². The molecule has 0 saturated heterocycles. The number of benzene rings is 1. The van der Waals surface area contributed by atoms with Crippen LogP contribution in [0.4, 0.5) is 0 Å². The van der Waals surface area contributed by atoms with Crippen molar-refractivity contribution in [1.82, 2.24) is 10.3 Å². The topological polar surface area (TPSA) is 51.2 Å². The Hall–Kier alpha value is -1.43. The van der Waals surface area contributed by atoms with Gasteiger partial charge in [0, 0.05) is 18.7 Å². The summed E-state index contributed by atoms with van der Waals surface area (Å²) in [5.74, 6) is -0.0821. The van der Waals surface area contributed by atoms with Crippen molar-refractivity contribution in [1.29, 1.82) is 0 Å². The number of rotatable bonds is 6. The van der Waals surface area contributed by atoms with Gasteiger partial charge < -0.3 is 10.1 Å². The third-order valence-electron chi connectivity index (χ3n) is 2.93. The Kier molecular flexibility index (Phi) is 5.73. The molecule has 0 fully saturated rings. The maximum absolute atomic E-state index is 12.1. The van der Waals surface area contributed by atoms with E-state index in [1.165, 1.54) is 11.3 Å². The minimum Gasteiger partial charge on any atom is -0.378 e. The molecule has 6 heteroatoms. The van der Waals surface area contributed by atoms with Crippen molar-refractivity contribution in [2.75, 3.05) is 13.7 Å². The Labute approximate surface area is 133 Å². The summed E-state index contributed by atoms with van der Waals surface area (Å²) in [4.78, 5) is 17.1. The van der Waals surface area contributed by atoms with Crippen LogP contribution in [0.3, 0.4) is 0 Å². The first-order valence-corrected chi connectivity index (χ1v) is 7.77. The third-order valence-corrected chi connectivity index (χ3v) is 4.31. The molecule has 0 radical (unpaired) electrons. The highest BCUT2D eigenvalue weighted by atomic mass is 35.5. The number of thiazole rings is 1. The van der Waals surface area contributed by atoms with Crippen LogP contribution in [0.2, 0.25) is 5.02 Å². The summed E-state index contributed by atoms with van der Waals surface area (Å²) >= 11 is 7.21. The van der Waals surface area contributed by atoms with Gasteiger partial charge in [-0.05, 0) is 31.0 Å². The summed E-state index contributed by atoms with van der Waals surface area (Å²) < 4.78 is 5.03. The molecule has 4 nitrogen and oxygen atoms in total. The van der Waals surface area contributed by atoms with Gasteiger partial charge in [-0.1, -0.05) is 23.7 Å². The standard InChI is InChI=1S/C15H17ClN2O2S/c1-10-14(21-13(18-10)9-20-2)15(19)17-8-7-11-3-5-12(16)6-4-11/h3-6H,7-9H2,1-2H3,(H,17,19). The number of methoxy groups -OCH3 is 1. The smallest absolute Gasteiger partial charge is 0.263 e. The van der Waals surface area contributed by atoms with E-state index in [1.807, 2.05) is 31.2 Å². The van der Waals surface area contributed by atoms with Gasteiger partial charge in [-0.3, -0.25) is 4.79 Å². The van der Waals surface area contributed by atoms with Gasteiger partial charge in [-0.2, -0.15) is 0 Å². The number of carbonyl (C=O) groups is 1. The van der Waals surface area contributed by atoms with Crippen molar-refractivity contribution in [3.05, 3.63) is 50.4 Å². The van der Waals surface area contributed by atoms with Crippen molar-refractivity contribution in [3.63, 3.8) is 0 Å². The monoisotopic (exact) mass is 324 g/mol. The van der Waals surface area contributed by atoms with Gasteiger partial charge in [-0.25, -0.2) is 4.98 Å². The number of ether oxygens (including phenoxy) is 1. The maximum atomic E-state index is 12.1. The lowest BCUT2D eigenvalue weighted by Gasteiger charge is -2.04.